The van der Waals surface area contributed by atoms with Gasteiger partial charge in [-0.25, -0.2) is 4.98 Å². The van der Waals surface area contributed by atoms with Crippen LogP contribution < -0.4 is 4.90 Å². The summed E-state index contributed by atoms with van der Waals surface area (Å²) in [4.78, 5) is 6.49. The highest BCUT2D eigenvalue weighted by atomic mass is 79.9. The molecule has 0 atom stereocenters. The zero-order valence-corrected chi connectivity index (χ0v) is 11.1. The Bertz CT molecular complexity index is 352. The number of rotatable bonds is 3. The van der Waals surface area contributed by atoms with Crippen LogP contribution in [0.5, 0.6) is 0 Å². The Balaban J connectivity index is 2.06. The number of pyridine rings is 1. The van der Waals surface area contributed by atoms with Gasteiger partial charge in [-0.15, -0.1) is 0 Å². The minimum atomic E-state index is 0.714. The van der Waals surface area contributed by atoms with Gasteiger partial charge in [0.2, 0.25) is 0 Å². The number of hydrogen-bond acceptors (Lipinski definition) is 2. The lowest BCUT2D eigenvalue weighted by Crippen LogP contribution is -2.30. The van der Waals surface area contributed by atoms with E-state index in [1.807, 2.05) is 6.07 Å². The van der Waals surface area contributed by atoms with E-state index in [2.05, 4.69) is 32.9 Å². The van der Waals surface area contributed by atoms with Crippen molar-refractivity contribution in [1.29, 1.82) is 0 Å². The Kier molecular flexibility index (Phi) is 3.52. The predicted molar refractivity (Wildman–Crippen MR) is 67.6 cm³/mol. The van der Waals surface area contributed by atoms with Gasteiger partial charge in [-0.2, -0.15) is 0 Å². The first-order valence-corrected chi connectivity index (χ1v) is 6.36. The normalized spacial score (nSPS) is 16.2. The summed E-state index contributed by atoms with van der Waals surface area (Å²) in [7, 11) is 2.06. The fraction of sp³-hybridized carbons (Fsp3) is 0.545. The van der Waals surface area contributed by atoms with Crippen LogP contribution in [-0.2, 0) is 0 Å². The van der Waals surface area contributed by atoms with E-state index in [-0.39, 0.29) is 0 Å². The van der Waals surface area contributed by atoms with Gasteiger partial charge in [0.1, 0.15) is 5.82 Å². The second-order valence-corrected chi connectivity index (χ2v) is 5.46. The Hall–Kier alpha value is -0.280. The summed E-state index contributed by atoms with van der Waals surface area (Å²) in [6.07, 6.45) is 5.86. The van der Waals surface area contributed by atoms with E-state index in [9.17, 15) is 0 Å². The van der Waals surface area contributed by atoms with Crippen molar-refractivity contribution in [3.63, 3.8) is 0 Å². The van der Waals surface area contributed by atoms with Crippen LogP contribution in [0.1, 0.15) is 19.3 Å². The van der Waals surface area contributed by atoms with E-state index >= 15 is 0 Å². The van der Waals surface area contributed by atoms with Crippen molar-refractivity contribution < 1.29 is 0 Å². The molecule has 82 valence electrons. The highest BCUT2D eigenvalue weighted by Gasteiger charge is 2.20. The van der Waals surface area contributed by atoms with Gasteiger partial charge in [0.25, 0.3) is 0 Å². The molecule has 0 bridgehead atoms. The molecular formula is C11H14BrClN2. The minimum Gasteiger partial charge on any atom is -0.358 e. The van der Waals surface area contributed by atoms with Gasteiger partial charge < -0.3 is 4.90 Å². The molecule has 0 unspecified atom stereocenters. The molecule has 0 aromatic carbocycles. The average molecular weight is 290 g/mol. The minimum absolute atomic E-state index is 0.714. The van der Waals surface area contributed by atoms with E-state index in [4.69, 9.17) is 11.6 Å². The van der Waals surface area contributed by atoms with Gasteiger partial charge in [0.05, 0.1) is 5.02 Å². The number of nitrogens with zero attached hydrogens (tertiary/aromatic N) is 2. The van der Waals surface area contributed by atoms with Crippen molar-refractivity contribution in [2.75, 3.05) is 18.5 Å². The highest BCUT2D eigenvalue weighted by Crippen LogP contribution is 2.30. The molecule has 1 saturated carbocycles. The van der Waals surface area contributed by atoms with E-state index in [0.717, 1.165) is 22.8 Å². The molecule has 4 heteroatoms. The predicted octanol–water partition coefficient (Wildman–Crippen LogP) is 3.73. The van der Waals surface area contributed by atoms with E-state index in [1.165, 1.54) is 19.3 Å². The third-order valence-corrected chi connectivity index (χ3v) is 3.62. The molecule has 1 fully saturated rings. The molecule has 1 heterocycles. The van der Waals surface area contributed by atoms with Crippen molar-refractivity contribution in [2.24, 2.45) is 5.92 Å². The number of anilines is 1. The van der Waals surface area contributed by atoms with Gasteiger partial charge >= 0.3 is 0 Å². The molecule has 1 aliphatic rings. The summed E-state index contributed by atoms with van der Waals surface area (Å²) in [5.41, 5.74) is 0. The first-order valence-electron chi connectivity index (χ1n) is 5.19. The zero-order valence-electron chi connectivity index (χ0n) is 8.71. The van der Waals surface area contributed by atoms with Crippen LogP contribution >= 0.6 is 27.5 Å². The Morgan fingerprint density at radius 1 is 1.60 bits per heavy atom. The van der Waals surface area contributed by atoms with Gasteiger partial charge in [-0.05, 0) is 40.8 Å². The summed E-state index contributed by atoms with van der Waals surface area (Å²) < 4.78 is 0.924. The van der Waals surface area contributed by atoms with Crippen molar-refractivity contribution in [3.8, 4) is 0 Å². The molecule has 1 aromatic heterocycles. The van der Waals surface area contributed by atoms with Gasteiger partial charge in [0.15, 0.2) is 0 Å². The number of aromatic nitrogens is 1. The first-order chi connectivity index (χ1) is 7.16. The van der Waals surface area contributed by atoms with Crippen LogP contribution in [-0.4, -0.2) is 18.6 Å². The SMILES string of the molecule is CN(CC1CCC1)c1ncc(Br)cc1Cl. The number of halogens is 2. The van der Waals surface area contributed by atoms with Crippen LogP contribution in [0.25, 0.3) is 0 Å². The lowest BCUT2D eigenvalue weighted by Gasteiger charge is -2.31. The van der Waals surface area contributed by atoms with Crippen molar-refractivity contribution in [1.82, 2.24) is 4.98 Å². The van der Waals surface area contributed by atoms with Gasteiger partial charge in [-0.1, -0.05) is 18.0 Å². The molecule has 2 nitrogen and oxygen atoms in total. The molecule has 15 heavy (non-hydrogen) atoms. The Morgan fingerprint density at radius 2 is 2.33 bits per heavy atom. The van der Waals surface area contributed by atoms with E-state index in [0.29, 0.717) is 5.02 Å². The van der Waals surface area contributed by atoms with Crippen molar-refractivity contribution in [3.05, 3.63) is 21.8 Å². The molecule has 1 aromatic rings. The quantitative estimate of drug-likeness (QED) is 0.843. The highest BCUT2D eigenvalue weighted by molar-refractivity contribution is 9.10. The van der Waals surface area contributed by atoms with E-state index < -0.39 is 0 Å². The smallest absolute Gasteiger partial charge is 0.147 e. The standard InChI is InChI=1S/C11H14BrClN2/c1-15(7-8-3-2-4-8)11-10(13)5-9(12)6-14-11/h5-6,8H,2-4,7H2,1H3. The molecule has 0 N–H and O–H groups in total. The van der Waals surface area contributed by atoms with Crippen molar-refractivity contribution >= 4 is 33.3 Å². The third kappa shape index (κ3) is 2.64. The second-order valence-electron chi connectivity index (χ2n) is 4.14. The largest absolute Gasteiger partial charge is 0.358 e. The first kappa shape index (κ1) is 11.2. The fourth-order valence-electron chi connectivity index (χ4n) is 1.84. The Morgan fingerprint density at radius 3 is 2.87 bits per heavy atom. The van der Waals surface area contributed by atoms with Gasteiger partial charge in [-0.3, -0.25) is 0 Å². The zero-order chi connectivity index (χ0) is 10.8. The summed E-state index contributed by atoms with van der Waals surface area (Å²) in [6, 6.07) is 1.89. The maximum absolute atomic E-state index is 6.13. The van der Waals surface area contributed by atoms with Crippen LogP contribution in [0, 0.1) is 5.92 Å². The molecule has 2 rings (SSSR count). The van der Waals surface area contributed by atoms with Crippen LogP contribution in [0.15, 0.2) is 16.7 Å². The molecule has 0 saturated heterocycles. The lowest BCUT2D eigenvalue weighted by atomic mass is 9.85. The monoisotopic (exact) mass is 288 g/mol. The second kappa shape index (κ2) is 4.71. The van der Waals surface area contributed by atoms with E-state index in [1.54, 1.807) is 6.20 Å². The fourth-order valence-corrected chi connectivity index (χ4v) is 2.61. The summed E-state index contributed by atoms with van der Waals surface area (Å²) in [6.45, 7) is 1.06. The van der Waals surface area contributed by atoms with Crippen LogP contribution in [0.2, 0.25) is 5.02 Å². The van der Waals surface area contributed by atoms with Crippen molar-refractivity contribution in [2.45, 2.75) is 19.3 Å². The summed E-state index contributed by atoms with van der Waals surface area (Å²) in [5.74, 6) is 1.71. The maximum atomic E-state index is 6.13. The third-order valence-electron chi connectivity index (χ3n) is 2.91. The summed E-state index contributed by atoms with van der Waals surface area (Å²) >= 11 is 9.49. The Labute approximate surface area is 104 Å². The van der Waals surface area contributed by atoms with Crippen LogP contribution in [0.3, 0.4) is 0 Å². The molecule has 0 spiro atoms. The topological polar surface area (TPSA) is 16.1 Å². The maximum Gasteiger partial charge on any atom is 0.147 e. The van der Waals surface area contributed by atoms with Crippen LogP contribution in [0.4, 0.5) is 5.82 Å². The molecule has 0 amide bonds. The molecule has 0 radical (unpaired) electrons. The lowest BCUT2D eigenvalue weighted by molar-refractivity contribution is 0.321. The summed E-state index contributed by atoms with van der Waals surface area (Å²) in [5, 5.41) is 0.714. The molecule has 1 aliphatic carbocycles. The number of hydrogen-bond donors (Lipinski definition) is 0. The molecular weight excluding hydrogens is 275 g/mol. The average Bonchev–Trinajstić information content (AvgIpc) is 2.11. The van der Waals surface area contributed by atoms with Gasteiger partial charge in [0, 0.05) is 24.3 Å². The molecule has 0 aliphatic heterocycles.